The van der Waals surface area contributed by atoms with Gasteiger partial charge in [-0.05, 0) is 48.6 Å². The zero-order chi connectivity index (χ0) is 23.0. The van der Waals surface area contributed by atoms with Crippen molar-refractivity contribution in [3.05, 3.63) is 67.7 Å². The van der Waals surface area contributed by atoms with E-state index in [0.29, 0.717) is 27.7 Å². The summed E-state index contributed by atoms with van der Waals surface area (Å²) in [5.74, 6) is 0.493. The molecular formula is C24H27ClN4O3. The van der Waals surface area contributed by atoms with Gasteiger partial charge in [0.25, 0.3) is 0 Å². The summed E-state index contributed by atoms with van der Waals surface area (Å²) in [5.41, 5.74) is 2.43. The minimum Gasteiger partial charge on any atom is -0.370 e. The molecule has 8 heteroatoms. The molecule has 1 fully saturated rings. The van der Waals surface area contributed by atoms with Gasteiger partial charge in [0.2, 0.25) is 5.91 Å². The number of aryl methyl sites for hydroxylation is 2. The van der Waals surface area contributed by atoms with Gasteiger partial charge in [0, 0.05) is 32.2 Å². The first-order valence-corrected chi connectivity index (χ1v) is 11.2. The molecule has 1 saturated heterocycles. The van der Waals surface area contributed by atoms with E-state index in [1.165, 1.54) is 9.13 Å². The zero-order valence-electron chi connectivity index (χ0n) is 18.5. The van der Waals surface area contributed by atoms with Crippen LogP contribution in [0.25, 0.3) is 11.0 Å². The Hall–Kier alpha value is -3.06. The van der Waals surface area contributed by atoms with Crippen molar-refractivity contribution in [1.29, 1.82) is 0 Å². The average Bonchev–Trinajstić information content (AvgIpc) is 2.78. The highest BCUT2D eigenvalue weighted by Gasteiger charge is 2.22. The third-order valence-electron chi connectivity index (χ3n) is 6.28. The number of carbonyl (C=O) groups excluding carboxylic acids is 1. The smallest absolute Gasteiger partial charge is 0.316 e. The molecule has 1 aromatic heterocycles. The first-order chi connectivity index (χ1) is 15.2. The minimum atomic E-state index is -0.599. The van der Waals surface area contributed by atoms with E-state index in [1.807, 2.05) is 18.2 Å². The largest absolute Gasteiger partial charge is 0.370 e. The molecule has 7 nitrogen and oxygen atoms in total. The summed E-state index contributed by atoms with van der Waals surface area (Å²) in [4.78, 5) is 39.8. The normalized spacial score (nSPS) is 14.7. The second kappa shape index (κ2) is 8.82. The summed E-state index contributed by atoms with van der Waals surface area (Å²) >= 11 is 5.94. The van der Waals surface area contributed by atoms with E-state index in [9.17, 15) is 14.4 Å². The molecule has 0 radical (unpaired) electrons. The van der Waals surface area contributed by atoms with E-state index in [4.69, 9.17) is 11.6 Å². The third kappa shape index (κ3) is 4.30. The second-order valence-electron chi connectivity index (χ2n) is 8.61. The van der Waals surface area contributed by atoms with Gasteiger partial charge in [-0.1, -0.05) is 30.7 Å². The minimum absolute atomic E-state index is 0.159. The molecule has 32 heavy (non-hydrogen) atoms. The van der Waals surface area contributed by atoms with Crippen molar-refractivity contribution < 1.29 is 4.79 Å². The highest BCUT2D eigenvalue weighted by atomic mass is 35.5. The van der Waals surface area contributed by atoms with Gasteiger partial charge in [-0.3, -0.25) is 14.4 Å². The number of carbonyl (C=O) groups is 1. The zero-order valence-corrected chi connectivity index (χ0v) is 19.3. The van der Waals surface area contributed by atoms with Crippen molar-refractivity contribution in [2.75, 3.05) is 23.3 Å². The highest BCUT2D eigenvalue weighted by Crippen LogP contribution is 2.33. The Balaban J connectivity index is 1.76. The van der Waals surface area contributed by atoms with E-state index in [1.54, 1.807) is 32.3 Å². The van der Waals surface area contributed by atoms with E-state index in [-0.39, 0.29) is 12.3 Å². The Morgan fingerprint density at radius 2 is 1.56 bits per heavy atom. The van der Waals surface area contributed by atoms with Gasteiger partial charge in [0.1, 0.15) is 0 Å². The lowest BCUT2D eigenvalue weighted by atomic mass is 9.98. The Morgan fingerprint density at radius 1 is 1.00 bits per heavy atom. The summed E-state index contributed by atoms with van der Waals surface area (Å²) in [6.07, 6.45) is 2.32. The van der Waals surface area contributed by atoms with Crippen molar-refractivity contribution in [2.24, 2.45) is 20.0 Å². The molecule has 1 amide bonds. The molecular weight excluding hydrogens is 428 g/mol. The van der Waals surface area contributed by atoms with Gasteiger partial charge >= 0.3 is 11.1 Å². The van der Waals surface area contributed by atoms with Crippen molar-refractivity contribution >= 4 is 39.9 Å². The van der Waals surface area contributed by atoms with E-state index in [2.05, 4.69) is 17.1 Å². The Morgan fingerprint density at radius 3 is 2.16 bits per heavy atom. The lowest BCUT2D eigenvalue weighted by Crippen LogP contribution is -2.39. The molecule has 1 N–H and O–H groups in total. The summed E-state index contributed by atoms with van der Waals surface area (Å²) < 4.78 is 2.72. The molecule has 0 unspecified atom stereocenters. The number of rotatable bonds is 4. The van der Waals surface area contributed by atoms with Gasteiger partial charge in [-0.25, -0.2) is 0 Å². The summed E-state index contributed by atoms with van der Waals surface area (Å²) in [6, 6.07) is 10.9. The number of hydrogen-bond acceptors (Lipinski definition) is 4. The Kier molecular flexibility index (Phi) is 6.11. The van der Waals surface area contributed by atoms with Gasteiger partial charge in [0.05, 0.1) is 28.8 Å². The highest BCUT2D eigenvalue weighted by molar-refractivity contribution is 6.30. The lowest BCUT2D eigenvalue weighted by Gasteiger charge is -2.34. The van der Waals surface area contributed by atoms with Crippen LogP contribution in [0.5, 0.6) is 0 Å². The van der Waals surface area contributed by atoms with Crippen LogP contribution in [0, 0.1) is 5.92 Å². The second-order valence-corrected chi connectivity index (χ2v) is 9.04. The van der Waals surface area contributed by atoms with Crippen LogP contribution in [-0.4, -0.2) is 28.1 Å². The fraction of sp³-hybridized carbons (Fsp3) is 0.375. The number of hydrogen-bond donors (Lipinski definition) is 1. The number of aromatic nitrogens is 2. The van der Waals surface area contributed by atoms with Crippen LogP contribution in [-0.2, 0) is 25.3 Å². The fourth-order valence-corrected chi connectivity index (χ4v) is 4.33. The van der Waals surface area contributed by atoms with Gasteiger partial charge in [-0.2, -0.15) is 0 Å². The predicted molar refractivity (Wildman–Crippen MR) is 129 cm³/mol. The number of benzene rings is 2. The molecule has 168 valence electrons. The molecule has 2 aromatic carbocycles. The van der Waals surface area contributed by atoms with Crippen LogP contribution in [0.1, 0.15) is 25.3 Å². The number of amides is 1. The standard InChI is InChI=1S/C24H27ClN4O3/c1-15-8-10-29(11-9-15)19-14-21-20(27(2)23(31)24(32)28(21)3)13-18(19)26-22(30)12-16-4-6-17(25)7-5-16/h4-7,13-15H,8-12H2,1-3H3,(H,26,30). The van der Waals surface area contributed by atoms with Crippen LogP contribution < -0.4 is 21.3 Å². The SMILES string of the molecule is CC1CCN(c2cc3c(cc2NC(=O)Cc2ccc(Cl)cc2)n(C)c(=O)c(=O)n3C)CC1. The summed E-state index contributed by atoms with van der Waals surface area (Å²) in [5, 5.41) is 3.66. The summed E-state index contributed by atoms with van der Waals surface area (Å²) in [7, 11) is 3.18. The number of halogens is 1. The van der Waals surface area contributed by atoms with Crippen LogP contribution in [0.2, 0.25) is 5.02 Å². The number of nitrogens with zero attached hydrogens (tertiary/aromatic N) is 3. The maximum Gasteiger partial charge on any atom is 0.316 e. The molecule has 0 bridgehead atoms. The molecule has 0 saturated carbocycles. The molecule has 3 aromatic rings. The van der Waals surface area contributed by atoms with Crippen molar-refractivity contribution in [3.8, 4) is 0 Å². The van der Waals surface area contributed by atoms with E-state index in [0.717, 1.165) is 37.2 Å². The maximum atomic E-state index is 12.9. The van der Waals surface area contributed by atoms with E-state index < -0.39 is 11.1 Å². The van der Waals surface area contributed by atoms with Crippen LogP contribution in [0.15, 0.2) is 46.0 Å². The summed E-state index contributed by atoms with van der Waals surface area (Å²) in [6.45, 7) is 3.98. The van der Waals surface area contributed by atoms with Crippen molar-refractivity contribution in [1.82, 2.24) is 9.13 Å². The molecule has 0 spiro atoms. The number of nitrogens with one attached hydrogen (secondary N) is 1. The topological polar surface area (TPSA) is 76.3 Å². The molecule has 4 rings (SSSR count). The Labute approximate surface area is 191 Å². The molecule has 1 aliphatic heterocycles. The average molecular weight is 455 g/mol. The number of anilines is 2. The predicted octanol–water partition coefficient (Wildman–Crippen LogP) is 3.31. The maximum absolute atomic E-state index is 12.9. The number of fused-ring (bicyclic) bond motifs is 1. The Bertz CT molecular complexity index is 1290. The molecule has 0 atom stereocenters. The van der Waals surface area contributed by atoms with Gasteiger partial charge < -0.3 is 19.4 Å². The third-order valence-corrected chi connectivity index (χ3v) is 6.54. The number of piperidine rings is 1. The molecule has 1 aliphatic rings. The first-order valence-electron chi connectivity index (χ1n) is 10.8. The fourth-order valence-electron chi connectivity index (χ4n) is 4.20. The monoisotopic (exact) mass is 454 g/mol. The molecule has 0 aliphatic carbocycles. The van der Waals surface area contributed by atoms with E-state index >= 15 is 0 Å². The van der Waals surface area contributed by atoms with Crippen LogP contribution in [0.4, 0.5) is 11.4 Å². The molecule has 2 heterocycles. The van der Waals surface area contributed by atoms with Crippen molar-refractivity contribution in [3.63, 3.8) is 0 Å². The van der Waals surface area contributed by atoms with Gasteiger partial charge in [0.15, 0.2) is 0 Å². The van der Waals surface area contributed by atoms with Crippen LogP contribution >= 0.6 is 11.6 Å². The lowest BCUT2D eigenvalue weighted by molar-refractivity contribution is -0.115. The van der Waals surface area contributed by atoms with Gasteiger partial charge in [-0.15, -0.1) is 0 Å². The van der Waals surface area contributed by atoms with Crippen LogP contribution in [0.3, 0.4) is 0 Å². The quantitative estimate of drug-likeness (QED) is 0.613. The first kappa shape index (κ1) is 22.1. The van der Waals surface area contributed by atoms with Crippen molar-refractivity contribution in [2.45, 2.75) is 26.2 Å².